The molecule has 0 atom stereocenters. The van der Waals surface area contributed by atoms with Crippen molar-refractivity contribution in [3.63, 3.8) is 0 Å². The molecule has 4 heteroatoms. The van der Waals surface area contributed by atoms with Gasteiger partial charge in [-0.25, -0.2) is 4.79 Å². The first-order valence-electron chi connectivity index (χ1n) is 3.39. The number of hydrogen-bond donors (Lipinski definition) is 0. The number of fused-ring (bicyclic) bond motifs is 1. The van der Waals surface area contributed by atoms with Gasteiger partial charge in [0, 0.05) is 4.47 Å². The number of carbonyl (C=O) groups is 1. The van der Waals surface area contributed by atoms with Crippen LogP contribution in [0.1, 0.15) is 0 Å². The lowest BCUT2D eigenvalue weighted by atomic mass is 10.3. The Hall–Kier alpha value is -1.03. The molecule has 0 saturated carbocycles. The van der Waals surface area contributed by atoms with Crippen molar-refractivity contribution >= 4 is 21.9 Å². The van der Waals surface area contributed by atoms with Gasteiger partial charge in [-0.1, -0.05) is 15.9 Å². The molecule has 0 aromatic heterocycles. The molecule has 3 nitrogen and oxygen atoms in total. The lowest BCUT2D eigenvalue weighted by Crippen LogP contribution is -2.22. The zero-order chi connectivity index (χ0) is 8.55. The monoisotopic (exact) mass is 228 g/mol. The average Bonchev–Trinajstić information content (AvgIpc) is 2.05. The van der Waals surface area contributed by atoms with Crippen molar-refractivity contribution in [3.8, 4) is 11.5 Å². The van der Waals surface area contributed by atoms with Crippen LogP contribution in [-0.2, 0) is 4.79 Å². The molecular weight excluding hydrogens is 224 g/mol. The summed E-state index contributed by atoms with van der Waals surface area (Å²) in [6, 6.07) is 5.25. The molecule has 1 heterocycles. The second-order valence-electron chi connectivity index (χ2n) is 2.35. The third-order valence-corrected chi connectivity index (χ3v) is 1.97. The van der Waals surface area contributed by atoms with Crippen molar-refractivity contribution in [2.24, 2.45) is 0 Å². The molecule has 0 bridgehead atoms. The molecular formula is C8H5BrO3. The molecule has 62 valence electrons. The van der Waals surface area contributed by atoms with Crippen molar-refractivity contribution in [3.05, 3.63) is 22.7 Å². The third-order valence-electron chi connectivity index (χ3n) is 1.48. The molecule has 0 N–H and O–H groups in total. The van der Waals surface area contributed by atoms with Crippen LogP contribution >= 0.6 is 15.9 Å². The molecule has 0 radical (unpaired) electrons. The van der Waals surface area contributed by atoms with Crippen molar-refractivity contribution in [2.75, 3.05) is 6.61 Å². The summed E-state index contributed by atoms with van der Waals surface area (Å²) in [7, 11) is 0. The number of hydrogen-bond acceptors (Lipinski definition) is 3. The number of ether oxygens (including phenoxy) is 2. The molecule has 1 aliphatic rings. The van der Waals surface area contributed by atoms with Gasteiger partial charge in [0.2, 0.25) is 0 Å². The van der Waals surface area contributed by atoms with Crippen LogP contribution < -0.4 is 9.47 Å². The van der Waals surface area contributed by atoms with E-state index in [4.69, 9.17) is 9.47 Å². The summed E-state index contributed by atoms with van der Waals surface area (Å²) in [6.07, 6.45) is 0. The van der Waals surface area contributed by atoms with Gasteiger partial charge < -0.3 is 9.47 Å². The Kier molecular flexibility index (Phi) is 1.77. The van der Waals surface area contributed by atoms with E-state index in [1.165, 1.54) is 0 Å². The van der Waals surface area contributed by atoms with Gasteiger partial charge in [-0.05, 0) is 18.2 Å². The fraction of sp³-hybridized carbons (Fsp3) is 0.125. The molecule has 1 aromatic carbocycles. The van der Waals surface area contributed by atoms with Crippen LogP contribution in [0.5, 0.6) is 11.5 Å². The van der Waals surface area contributed by atoms with Crippen LogP contribution in [0.15, 0.2) is 22.7 Å². The summed E-state index contributed by atoms with van der Waals surface area (Å²) in [5.41, 5.74) is 0. The summed E-state index contributed by atoms with van der Waals surface area (Å²) >= 11 is 3.29. The van der Waals surface area contributed by atoms with Crippen molar-refractivity contribution in [1.82, 2.24) is 0 Å². The first-order valence-corrected chi connectivity index (χ1v) is 4.18. The van der Waals surface area contributed by atoms with Gasteiger partial charge in [0.15, 0.2) is 18.1 Å². The number of rotatable bonds is 0. The summed E-state index contributed by atoms with van der Waals surface area (Å²) < 4.78 is 10.9. The van der Waals surface area contributed by atoms with Crippen LogP contribution in [0.3, 0.4) is 0 Å². The minimum Gasteiger partial charge on any atom is -0.478 e. The number of carbonyl (C=O) groups excluding carboxylic acids is 1. The van der Waals surface area contributed by atoms with Crippen LogP contribution in [-0.4, -0.2) is 12.6 Å². The van der Waals surface area contributed by atoms with Gasteiger partial charge in [-0.3, -0.25) is 0 Å². The van der Waals surface area contributed by atoms with E-state index in [0.29, 0.717) is 11.5 Å². The number of halogens is 1. The molecule has 0 saturated heterocycles. The van der Waals surface area contributed by atoms with Crippen LogP contribution in [0.25, 0.3) is 0 Å². The van der Waals surface area contributed by atoms with E-state index in [2.05, 4.69) is 15.9 Å². The lowest BCUT2D eigenvalue weighted by Gasteiger charge is -2.16. The van der Waals surface area contributed by atoms with Gasteiger partial charge in [-0.2, -0.15) is 0 Å². The second-order valence-corrected chi connectivity index (χ2v) is 3.27. The first-order chi connectivity index (χ1) is 5.75. The van der Waals surface area contributed by atoms with E-state index in [-0.39, 0.29) is 12.6 Å². The zero-order valence-electron chi connectivity index (χ0n) is 6.04. The van der Waals surface area contributed by atoms with Crippen LogP contribution in [0.4, 0.5) is 0 Å². The fourth-order valence-corrected chi connectivity index (χ4v) is 1.31. The maximum Gasteiger partial charge on any atom is 0.349 e. The Morgan fingerprint density at radius 2 is 2.17 bits per heavy atom. The van der Waals surface area contributed by atoms with Crippen LogP contribution in [0.2, 0.25) is 0 Å². The summed E-state index contributed by atoms with van der Waals surface area (Å²) in [5, 5.41) is 0. The van der Waals surface area contributed by atoms with E-state index in [1.54, 1.807) is 18.2 Å². The molecule has 0 spiro atoms. The van der Waals surface area contributed by atoms with Gasteiger partial charge in [-0.15, -0.1) is 0 Å². The first kappa shape index (κ1) is 7.61. The van der Waals surface area contributed by atoms with Crippen molar-refractivity contribution in [2.45, 2.75) is 0 Å². The highest BCUT2D eigenvalue weighted by molar-refractivity contribution is 9.10. The zero-order valence-corrected chi connectivity index (χ0v) is 7.63. The van der Waals surface area contributed by atoms with E-state index < -0.39 is 0 Å². The Morgan fingerprint density at radius 3 is 3.00 bits per heavy atom. The SMILES string of the molecule is O=C1COc2cc(Br)ccc2O1. The molecule has 0 fully saturated rings. The predicted molar refractivity (Wildman–Crippen MR) is 45.3 cm³/mol. The minimum atomic E-state index is -0.357. The van der Waals surface area contributed by atoms with Crippen LogP contribution in [0, 0.1) is 0 Å². The lowest BCUT2D eigenvalue weighted by molar-refractivity contribution is -0.138. The fourth-order valence-electron chi connectivity index (χ4n) is 0.968. The summed E-state index contributed by atoms with van der Waals surface area (Å²) in [6.45, 7) is -0.0105. The highest BCUT2D eigenvalue weighted by Crippen LogP contribution is 2.32. The van der Waals surface area contributed by atoms with Gasteiger partial charge >= 0.3 is 5.97 Å². The Bertz CT molecular complexity index is 335. The van der Waals surface area contributed by atoms with E-state index in [9.17, 15) is 4.79 Å². The van der Waals surface area contributed by atoms with E-state index >= 15 is 0 Å². The quantitative estimate of drug-likeness (QED) is 0.502. The van der Waals surface area contributed by atoms with E-state index in [1.807, 2.05) is 0 Å². The standard InChI is InChI=1S/C8H5BrO3/c9-5-1-2-6-7(3-5)11-4-8(10)12-6/h1-3H,4H2. The highest BCUT2D eigenvalue weighted by Gasteiger charge is 2.17. The van der Waals surface area contributed by atoms with E-state index in [0.717, 1.165) is 4.47 Å². The second kappa shape index (κ2) is 2.79. The predicted octanol–water partition coefficient (Wildman–Crippen LogP) is 1.75. The van der Waals surface area contributed by atoms with Gasteiger partial charge in [0.05, 0.1) is 0 Å². The smallest absolute Gasteiger partial charge is 0.349 e. The maximum atomic E-state index is 10.8. The molecule has 12 heavy (non-hydrogen) atoms. The van der Waals surface area contributed by atoms with Crippen molar-refractivity contribution in [1.29, 1.82) is 0 Å². The Balaban J connectivity index is 2.43. The molecule has 1 aromatic rings. The Morgan fingerprint density at radius 1 is 1.33 bits per heavy atom. The molecule has 0 unspecified atom stereocenters. The molecule has 2 rings (SSSR count). The maximum absolute atomic E-state index is 10.8. The minimum absolute atomic E-state index is 0.0105. The highest BCUT2D eigenvalue weighted by atomic mass is 79.9. The normalized spacial score (nSPS) is 14.6. The van der Waals surface area contributed by atoms with Gasteiger partial charge in [0.1, 0.15) is 0 Å². The topological polar surface area (TPSA) is 35.5 Å². The molecule has 0 aliphatic carbocycles. The average molecular weight is 229 g/mol. The summed E-state index contributed by atoms with van der Waals surface area (Å²) in [4.78, 5) is 10.8. The van der Waals surface area contributed by atoms with Gasteiger partial charge in [0.25, 0.3) is 0 Å². The largest absolute Gasteiger partial charge is 0.478 e. The third kappa shape index (κ3) is 1.30. The summed E-state index contributed by atoms with van der Waals surface area (Å²) in [5.74, 6) is 0.725. The molecule has 0 amide bonds. The molecule has 1 aliphatic heterocycles. The Labute approximate surface area is 77.4 Å². The van der Waals surface area contributed by atoms with Crippen molar-refractivity contribution < 1.29 is 14.3 Å². The number of benzene rings is 1. The number of esters is 1.